The summed E-state index contributed by atoms with van der Waals surface area (Å²) in [6, 6.07) is 0. The second-order valence-corrected chi connectivity index (χ2v) is 3.88. The van der Waals surface area contributed by atoms with Gasteiger partial charge in [-0.3, -0.25) is 0 Å². The van der Waals surface area contributed by atoms with Gasteiger partial charge in [0, 0.05) is 0 Å². The van der Waals surface area contributed by atoms with E-state index in [1.54, 1.807) is 0 Å². The standard InChI is InChI=1S/C13H20/c1-4-5-6-12-7-9-13(10-8-12)11(2)3/h5-6,9,12H,2,4,7-8,10H2,1,3H3. The molecular formula is C13H20. The van der Waals surface area contributed by atoms with E-state index in [1.807, 2.05) is 0 Å². The summed E-state index contributed by atoms with van der Waals surface area (Å²) in [5.41, 5.74) is 2.72. The van der Waals surface area contributed by atoms with Gasteiger partial charge in [0.05, 0.1) is 0 Å². The van der Waals surface area contributed by atoms with Crippen LogP contribution in [-0.2, 0) is 0 Å². The Labute approximate surface area is 82.0 Å². The van der Waals surface area contributed by atoms with Crippen LogP contribution in [0.5, 0.6) is 0 Å². The van der Waals surface area contributed by atoms with Gasteiger partial charge >= 0.3 is 0 Å². The highest BCUT2D eigenvalue weighted by Gasteiger charge is 2.11. The molecule has 0 aromatic carbocycles. The van der Waals surface area contributed by atoms with Gasteiger partial charge in [0.25, 0.3) is 0 Å². The number of allylic oxidation sites excluding steroid dienone is 5. The highest BCUT2D eigenvalue weighted by Crippen LogP contribution is 2.27. The highest BCUT2D eigenvalue weighted by atomic mass is 14.2. The molecule has 1 unspecified atom stereocenters. The average Bonchev–Trinajstić information content (AvgIpc) is 2.15. The Morgan fingerprint density at radius 3 is 2.92 bits per heavy atom. The topological polar surface area (TPSA) is 0 Å². The monoisotopic (exact) mass is 176 g/mol. The number of rotatable bonds is 3. The predicted molar refractivity (Wildman–Crippen MR) is 59.7 cm³/mol. The van der Waals surface area contributed by atoms with Gasteiger partial charge in [-0.2, -0.15) is 0 Å². The van der Waals surface area contributed by atoms with E-state index in [9.17, 15) is 0 Å². The van der Waals surface area contributed by atoms with Gasteiger partial charge in [-0.25, -0.2) is 0 Å². The van der Waals surface area contributed by atoms with Gasteiger partial charge in [-0.05, 0) is 44.1 Å². The van der Waals surface area contributed by atoms with Crippen LogP contribution in [0.3, 0.4) is 0 Å². The van der Waals surface area contributed by atoms with E-state index in [-0.39, 0.29) is 0 Å². The SMILES string of the molecule is C=C(C)C1=CCC(C=CCC)CC1. The minimum Gasteiger partial charge on any atom is -0.0958 e. The fourth-order valence-electron chi connectivity index (χ4n) is 1.75. The minimum absolute atomic E-state index is 0.781. The van der Waals surface area contributed by atoms with E-state index in [0.717, 1.165) is 12.3 Å². The number of hydrogen-bond acceptors (Lipinski definition) is 0. The zero-order chi connectivity index (χ0) is 9.68. The van der Waals surface area contributed by atoms with Gasteiger partial charge in [-0.15, -0.1) is 0 Å². The van der Waals surface area contributed by atoms with Gasteiger partial charge in [0.2, 0.25) is 0 Å². The molecule has 1 atom stereocenters. The molecular weight excluding hydrogens is 156 g/mol. The number of hydrogen-bond donors (Lipinski definition) is 0. The van der Waals surface area contributed by atoms with E-state index in [0.29, 0.717) is 0 Å². The van der Waals surface area contributed by atoms with E-state index in [1.165, 1.54) is 30.4 Å². The summed E-state index contributed by atoms with van der Waals surface area (Å²) in [7, 11) is 0. The summed E-state index contributed by atoms with van der Waals surface area (Å²) < 4.78 is 0. The van der Waals surface area contributed by atoms with E-state index >= 15 is 0 Å². The highest BCUT2D eigenvalue weighted by molar-refractivity contribution is 5.28. The first-order valence-corrected chi connectivity index (χ1v) is 5.25. The third-order valence-corrected chi connectivity index (χ3v) is 2.64. The zero-order valence-corrected chi connectivity index (χ0v) is 8.84. The Kier molecular flexibility index (Phi) is 4.01. The summed E-state index contributed by atoms with van der Waals surface area (Å²) in [6.07, 6.45) is 11.9. The summed E-state index contributed by atoms with van der Waals surface area (Å²) in [5, 5.41) is 0. The van der Waals surface area contributed by atoms with Crippen LogP contribution in [0.4, 0.5) is 0 Å². The Balaban J connectivity index is 2.46. The van der Waals surface area contributed by atoms with Crippen molar-refractivity contribution >= 4 is 0 Å². The molecule has 0 aliphatic heterocycles. The fraction of sp³-hybridized carbons (Fsp3) is 0.538. The molecule has 0 aromatic heterocycles. The molecule has 1 aliphatic rings. The first-order chi connectivity index (χ1) is 6.24. The first kappa shape index (κ1) is 10.3. The first-order valence-electron chi connectivity index (χ1n) is 5.25. The van der Waals surface area contributed by atoms with Crippen LogP contribution < -0.4 is 0 Å². The lowest BCUT2D eigenvalue weighted by molar-refractivity contribution is 0.569. The van der Waals surface area contributed by atoms with Crippen LogP contribution in [0, 0.1) is 5.92 Å². The van der Waals surface area contributed by atoms with Crippen LogP contribution in [0.15, 0.2) is 36.0 Å². The van der Waals surface area contributed by atoms with Crippen LogP contribution >= 0.6 is 0 Å². The maximum atomic E-state index is 3.98. The summed E-state index contributed by atoms with van der Waals surface area (Å²) in [5.74, 6) is 0.781. The molecule has 0 fully saturated rings. The molecule has 0 heteroatoms. The molecule has 0 spiro atoms. The molecule has 0 saturated carbocycles. The van der Waals surface area contributed by atoms with Crippen LogP contribution in [0.2, 0.25) is 0 Å². The summed E-state index contributed by atoms with van der Waals surface area (Å²) in [6.45, 7) is 8.27. The van der Waals surface area contributed by atoms with E-state index < -0.39 is 0 Å². The molecule has 0 aromatic rings. The van der Waals surface area contributed by atoms with Crippen molar-refractivity contribution in [2.24, 2.45) is 5.92 Å². The largest absolute Gasteiger partial charge is 0.0958 e. The lowest BCUT2D eigenvalue weighted by Gasteiger charge is -2.19. The molecule has 1 rings (SSSR count). The Morgan fingerprint density at radius 1 is 1.69 bits per heavy atom. The third kappa shape index (κ3) is 3.22. The molecule has 1 aliphatic carbocycles. The lowest BCUT2D eigenvalue weighted by Crippen LogP contribution is -2.03. The van der Waals surface area contributed by atoms with Gasteiger partial charge in [0.1, 0.15) is 0 Å². The van der Waals surface area contributed by atoms with Crippen molar-refractivity contribution in [3.05, 3.63) is 36.0 Å². The zero-order valence-electron chi connectivity index (χ0n) is 8.84. The van der Waals surface area contributed by atoms with Crippen molar-refractivity contribution in [2.45, 2.75) is 39.5 Å². The summed E-state index contributed by atoms with van der Waals surface area (Å²) in [4.78, 5) is 0. The molecule has 72 valence electrons. The Hall–Kier alpha value is -0.780. The maximum absolute atomic E-state index is 3.98. The van der Waals surface area contributed by atoms with Crippen molar-refractivity contribution in [3.63, 3.8) is 0 Å². The van der Waals surface area contributed by atoms with E-state index in [2.05, 4.69) is 38.7 Å². The lowest BCUT2D eigenvalue weighted by atomic mass is 9.87. The minimum atomic E-state index is 0.781. The van der Waals surface area contributed by atoms with Gasteiger partial charge in [0.15, 0.2) is 0 Å². The molecule has 0 amide bonds. The second-order valence-electron chi connectivity index (χ2n) is 3.88. The van der Waals surface area contributed by atoms with E-state index in [4.69, 9.17) is 0 Å². The fourth-order valence-corrected chi connectivity index (χ4v) is 1.75. The normalized spacial score (nSPS) is 23.2. The summed E-state index contributed by atoms with van der Waals surface area (Å²) >= 11 is 0. The Bertz CT molecular complexity index is 230. The van der Waals surface area contributed by atoms with Gasteiger partial charge < -0.3 is 0 Å². The van der Waals surface area contributed by atoms with Crippen molar-refractivity contribution in [3.8, 4) is 0 Å². The Morgan fingerprint density at radius 2 is 2.46 bits per heavy atom. The smallest absolute Gasteiger partial charge is 0.0196 e. The predicted octanol–water partition coefficient (Wildman–Crippen LogP) is 4.26. The molecule has 0 heterocycles. The second kappa shape index (κ2) is 5.06. The average molecular weight is 176 g/mol. The molecule has 13 heavy (non-hydrogen) atoms. The molecule has 0 radical (unpaired) electrons. The quantitative estimate of drug-likeness (QED) is 0.564. The van der Waals surface area contributed by atoms with Gasteiger partial charge in [-0.1, -0.05) is 37.3 Å². The van der Waals surface area contributed by atoms with Crippen molar-refractivity contribution in [1.82, 2.24) is 0 Å². The molecule has 0 bridgehead atoms. The van der Waals surface area contributed by atoms with Crippen molar-refractivity contribution in [2.75, 3.05) is 0 Å². The molecule has 0 N–H and O–H groups in total. The maximum Gasteiger partial charge on any atom is -0.0196 e. The third-order valence-electron chi connectivity index (χ3n) is 2.64. The van der Waals surface area contributed by atoms with Crippen molar-refractivity contribution < 1.29 is 0 Å². The molecule has 0 saturated heterocycles. The van der Waals surface area contributed by atoms with Crippen molar-refractivity contribution in [1.29, 1.82) is 0 Å². The van der Waals surface area contributed by atoms with Crippen LogP contribution in [-0.4, -0.2) is 0 Å². The van der Waals surface area contributed by atoms with Crippen LogP contribution in [0.1, 0.15) is 39.5 Å². The molecule has 0 nitrogen and oxygen atoms in total. The van der Waals surface area contributed by atoms with Crippen LogP contribution in [0.25, 0.3) is 0 Å².